The van der Waals surface area contributed by atoms with Gasteiger partial charge in [-0.25, -0.2) is 0 Å². The molecular weight excluding hydrogens is 440 g/mol. The summed E-state index contributed by atoms with van der Waals surface area (Å²) in [5.74, 6) is -1.06. The fraction of sp³-hybridized carbons (Fsp3) is 0.0769. The third-order valence-corrected chi connectivity index (χ3v) is 5.37. The second-order valence-corrected chi connectivity index (χ2v) is 7.71. The van der Waals surface area contributed by atoms with Crippen LogP contribution in [0.5, 0.6) is 5.75 Å². The number of nitrogens with zero attached hydrogens (tertiary/aromatic N) is 2. The van der Waals surface area contributed by atoms with Crippen molar-refractivity contribution in [1.29, 1.82) is 5.26 Å². The number of halogens is 1. The van der Waals surface area contributed by atoms with E-state index in [1.54, 1.807) is 78.9 Å². The van der Waals surface area contributed by atoms with E-state index < -0.39 is 17.8 Å². The van der Waals surface area contributed by atoms with Crippen molar-refractivity contribution in [2.24, 2.45) is 0 Å². The van der Waals surface area contributed by atoms with Crippen molar-refractivity contribution in [2.75, 3.05) is 6.54 Å². The van der Waals surface area contributed by atoms with Crippen molar-refractivity contribution in [3.8, 4) is 11.8 Å². The highest BCUT2D eigenvalue weighted by atomic mass is 35.5. The molecule has 7 heteroatoms. The SMILES string of the molecule is N#C/C(=C/c1ccc(OC(=O)CCN2C(=O)c3ccccc3C2=O)cc1)c1ccc(Cl)cc1. The van der Waals surface area contributed by atoms with E-state index in [1.165, 1.54) is 0 Å². The van der Waals surface area contributed by atoms with E-state index >= 15 is 0 Å². The van der Waals surface area contributed by atoms with Crippen molar-refractivity contribution < 1.29 is 19.1 Å². The number of ether oxygens (including phenoxy) is 1. The molecule has 1 aliphatic rings. The molecule has 0 unspecified atom stereocenters. The molecule has 3 aromatic rings. The van der Waals surface area contributed by atoms with Crippen molar-refractivity contribution in [3.63, 3.8) is 0 Å². The zero-order valence-corrected chi connectivity index (χ0v) is 18.1. The van der Waals surface area contributed by atoms with Crippen molar-refractivity contribution in [1.82, 2.24) is 4.90 Å². The van der Waals surface area contributed by atoms with Crippen LogP contribution in [0.3, 0.4) is 0 Å². The lowest BCUT2D eigenvalue weighted by Gasteiger charge is -2.13. The summed E-state index contributed by atoms with van der Waals surface area (Å²) in [7, 11) is 0. The van der Waals surface area contributed by atoms with E-state index in [0.29, 0.717) is 27.5 Å². The van der Waals surface area contributed by atoms with Gasteiger partial charge in [0.15, 0.2) is 0 Å². The first-order valence-electron chi connectivity index (χ1n) is 10.1. The number of hydrogen-bond acceptors (Lipinski definition) is 5. The Bertz CT molecular complexity index is 1270. The Kier molecular flexibility index (Phi) is 6.34. The summed E-state index contributed by atoms with van der Waals surface area (Å²) in [4.78, 5) is 38.0. The summed E-state index contributed by atoms with van der Waals surface area (Å²) in [6.45, 7) is -0.0569. The number of carbonyl (C=O) groups excluding carboxylic acids is 3. The van der Waals surface area contributed by atoms with Crippen LogP contribution < -0.4 is 4.74 Å². The average molecular weight is 457 g/mol. The largest absolute Gasteiger partial charge is 0.426 e. The van der Waals surface area contributed by atoms with E-state index in [1.807, 2.05) is 0 Å². The number of imide groups is 1. The van der Waals surface area contributed by atoms with Gasteiger partial charge in [0.1, 0.15) is 5.75 Å². The fourth-order valence-electron chi connectivity index (χ4n) is 3.44. The van der Waals surface area contributed by atoms with Gasteiger partial charge in [0.05, 0.1) is 29.2 Å². The molecule has 33 heavy (non-hydrogen) atoms. The molecule has 0 radical (unpaired) electrons. The first-order chi connectivity index (χ1) is 16.0. The molecular formula is C26H17ClN2O4. The van der Waals surface area contributed by atoms with Crippen LogP contribution in [-0.2, 0) is 4.79 Å². The minimum Gasteiger partial charge on any atom is -0.426 e. The predicted octanol–water partition coefficient (Wildman–Crippen LogP) is 5.00. The second-order valence-electron chi connectivity index (χ2n) is 7.28. The second kappa shape index (κ2) is 9.51. The molecule has 162 valence electrons. The Morgan fingerprint density at radius 2 is 1.55 bits per heavy atom. The van der Waals surface area contributed by atoms with E-state index in [4.69, 9.17) is 16.3 Å². The lowest BCUT2D eigenvalue weighted by Crippen LogP contribution is -2.32. The van der Waals surface area contributed by atoms with Gasteiger partial charge in [-0.1, -0.05) is 48.0 Å². The van der Waals surface area contributed by atoms with Gasteiger partial charge >= 0.3 is 5.97 Å². The topological polar surface area (TPSA) is 87.5 Å². The zero-order valence-electron chi connectivity index (χ0n) is 17.3. The number of carbonyl (C=O) groups is 3. The highest BCUT2D eigenvalue weighted by Gasteiger charge is 2.35. The normalized spacial score (nSPS) is 13.0. The first kappa shape index (κ1) is 22.0. The maximum atomic E-state index is 12.4. The third-order valence-electron chi connectivity index (χ3n) is 5.12. The Morgan fingerprint density at radius 1 is 0.939 bits per heavy atom. The van der Waals surface area contributed by atoms with Gasteiger partial charge in [-0.05, 0) is 53.6 Å². The number of allylic oxidation sites excluding steroid dienone is 1. The van der Waals surface area contributed by atoms with Gasteiger partial charge in [-0.15, -0.1) is 0 Å². The maximum Gasteiger partial charge on any atom is 0.312 e. The van der Waals surface area contributed by atoms with Gasteiger partial charge in [-0.3, -0.25) is 19.3 Å². The number of hydrogen-bond donors (Lipinski definition) is 0. The molecule has 0 aliphatic carbocycles. The van der Waals surface area contributed by atoms with Gasteiger partial charge in [0, 0.05) is 11.6 Å². The quantitative estimate of drug-likeness (QED) is 0.171. The number of nitriles is 1. The molecule has 0 fully saturated rings. The standard InChI is InChI=1S/C26H17ClN2O4/c27-20-9-7-18(8-10-20)19(16-28)15-17-5-11-21(12-6-17)33-24(30)13-14-29-25(31)22-3-1-2-4-23(22)26(29)32/h1-12,15H,13-14H2/b19-15-. The third kappa shape index (κ3) is 4.84. The molecule has 0 saturated carbocycles. The molecule has 6 nitrogen and oxygen atoms in total. The van der Waals surface area contributed by atoms with Crippen molar-refractivity contribution in [3.05, 3.63) is 100 Å². The number of esters is 1. The summed E-state index contributed by atoms with van der Waals surface area (Å²) in [5, 5.41) is 10.0. The molecule has 4 rings (SSSR count). The minimum absolute atomic E-state index is 0.0569. The molecule has 0 N–H and O–H groups in total. The van der Waals surface area contributed by atoms with E-state index in [0.717, 1.165) is 16.0 Å². The molecule has 2 amide bonds. The van der Waals surface area contributed by atoms with Crippen LogP contribution in [-0.4, -0.2) is 29.2 Å². The number of fused-ring (bicyclic) bond motifs is 1. The van der Waals surface area contributed by atoms with Crippen LogP contribution >= 0.6 is 11.6 Å². The molecule has 0 spiro atoms. The van der Waals surface area contributed by atoms with Crippen LogP contribution in [0.1, 0.15) is 38.3 Å². The molecule has 0 atom stereocenters. The molecule has 1 heterocycles. The van der Waals surface area contributed by atoms with Crippen LogP contribution in [0.15, 0.2) is 72.8 Å². The Labute approximate surface area is 195 Å². The lowest BCUT2D eigenvalue weighted by molar-refractivity contribution is -0.134. The van der Waals surface area contributed by atoms with Crippen LogP contribution in [0.25, 0.3) is 11.6 Å². The lowest BCUT2D eigenvalue weighted by atomic mass is 10.0. The molecule has 0 bridgehead atoms. The summed E-state index contributed by atoms with van der Waals surface area (Å²) in [6.07, 6.45) is 1.60. The molecule has 1 aliphatic heterocycles. The first-order valence-corrected chi connectivity index (χ1v) is 10.5. The maximum absolute atomic E-state index is 12.4. The highest BCUT2D eigenvalue weighted by molar-refractivity contribution is 6.30. The van der Waals surface area contributed by atoms with Crippen molar-refractivity contribution >= 4 is 41.0 Å². The van der Waals surface area contributed by atoms with E-state index in [9.17, 15) is 19.6 Å². The predicted molar refractivity (Wildman–Crippen MR) is 123 cm³/mol. The van der Waals surface area contributed by atoms with E-state index in [2.05, 4.69) is 6.07 Å². The Hall–Kier alpha value is -4.21. The Morgan fingerprint density at radius 3 is 2.12 bits per heavy atom. The smallest absolute Gasteiger partial charge is 0.312 e. The van der Waals surface area contributed by atoms with Crippen LogP contribution in [0, 0.1) is 11.3 Å². The molecule has 0 aromatic heterocycles. The number of benzene rings is 3. The summed E-state index contributed by atoms with van der Waals surface area (Å²) in [6, 6.07) is 22.4. The summed E-state index contributed by atoms with van der Waals surface area (Å²) < 4.78 is 5.32. The Balaban J connectivity index is 1.36. The average Bonchev–Trinajstić information content (AvgIpc) is 3.07. The minimum atomic E-state index is -0.561. The summed E-state index contributed by atoms with van der Waals surface area (Å²) >= 11 is 5.89. The fourth-order valence-corrected chi connectivity index (χ4v) is 3.56. The number of rotatable bonds is 6. The molecule has 3 aromatic carbocycles. The summed E-state index contributed by atoms with van der Waals surface area (Å²) in [5.41, 5.74) is 2.65. The van der Waals surface area contributed by atoms with Crippen molar-refractivity contribution in [2.45, 2.75) is 6.42 Å². The number of amides is 2. The van der Waals surface area contributed by atoms with Crippen LogP contribution in [0.4, 0.5) is 0 Å². The zero-order chi connectivity index (χ0) is 23.4. The van der Waals surface area contributed by atoms with Gasteiger partial charge < -0.3 is 4.74 Å². The van der Waals surface area contributed by atoms with Gasteiger partial charge in [-0.2, -0.15) is 5.26 Å². The van der Waals surface area contributed by atoms with Gasteiger partial charge in [0.2, 0.25) is 0 Å². The van der Waals surface area contributed by atoms with Crippen LogP contribution in [0.2, 0.25) is 5.02 Å². The highest BCUT2D eigenvalue weighted by Crippen LogP contribution is 2.23. The van der Waals surface area contributed by atoms with Gasteiger partial charge in [0.25, 0.3) is 11.8 Å². The monoisotopic (exact) mass is 456 g/mol. The molecule has 0 saturated heterocycles. The van der Waals surface area contributed by atoms with E-state index in [-0.39, 0.29) is 13.0 Å².